The molecule has 1 amide bonds. The molecule has 2 aromatic carbocycles. The second kappa shape index (κ2) is 10.5. The van der Waals surface area contributed by atoms with E-state index in [0.29, 0.717) is 26.3 Å². The standard InChI is InChI=1S/C31H36N4O5/c1-31(2,3)40-30(37)35-10-9-23(19-35)32-22-7-8-27-21(16-22)15-20-5-4-6-25(29(20)39-27)26-17-24(18-28(36)33-26)34-11-13-38-14-12-34/h4-8,16-18,23,32H,9-15,19H2,1-3H3,(H,33,36). The molecular weight excluding hydrogens is 508 g/mol. The molecule has 9 heteroatoms. The Morgan fingerprint density at radius 1 is 1.05 bits per heavy atom. The van der Waals surface area contributed by atoms with Crippen LogP contribution in [0.4, 0.5) is 16.2 Å². The summed E-state index contributed by atoms with van der Waals surface area (Å²) < 4.78 is 17.5. The van der Waals surface area contributed by atoms with E-state index in [2.05, 4.69) is 27.3 Å². The molecule has 4 heterocycles. The van der Waals surface area contributed by atoms with Gasteiger partial charge in [0.05, 0.1) is 18.9 Å². The average molecular weight is 545 g/mol. The number of benzene rings is 2. The van der Waals surface area contributed by atoms with Gasteiger partial charge in [-0.2, -0.15) is 0 Å². The highest BCUT2D eigenvalue weighted by molar-refractivity contribution is 5.74. The van der Waals surface area contributed by atoms with Crippen molar-refractivity contribution in [2.24, 2.45) is 0 Å². The van der Waals surface area contributed by atoms with Crippen LogP contribution >= 0.6 is 0 Å². The minimum absolute atomic E-state index is 0.138. The molecule has 210 valence electrons. The van der Waals surface area contributed by atoms with Gasteiger partial charge in [0.1, 0.15) is 17.1 Å². The molecular formula is C31H36N4O5. The summed E-state index contributed by atoms with van der Waals surface area (Å²) in [6, 6.07) is 16.0. The van der Waals surface area contributed by atoms with Crippen LogP contribution in [-0.2, 0) is 15.9 Å². The number of carbonyl (C=O) groups is 1. The zero-order valence-electron chi connectivity index (χ0n) is 23.3. The summed E-state index contributed by atoms with van der Waals surface area (Å²) in [4.78, 5) is 32.0. The number of H-pyrrole nitrogens is 1. The smallest absolute Gasteiger partial charge is 0.410 e. The van der Waals surface area contributed by atoms with Crippen LogP contribution in [0.15, 0.2) is 53.3 Å². The van der Waals surface area contributed by atoms with Crippen molar-refractivity contribution in [2.45, 2.75) is 45.3 Å². The number of carbonyl (C=O) groups excluding carboxylic acids is 1. The Bertz CT molecular complexity index is 1470. The summed E-state index contributed by atoms with van der Waals surface area (Å²) in [5, 5.41) is 3.59. The van der Waals surface area contributed by atoms with Gasteiger partial charge in [0.2, 0.25) is 5.56 Å². The zero-order valence-corrected chi connectivity index (χ0v) is 23.3. The Balaban J connectivity index is 1.18. The van der Waals surface area contributed by atoms with Crippen molar-refractivity contribution in [2.75, 3.05) is 49.6 Å². The molecule has 40 heavy (non-hydrogen) atoms. The first-order valence-electron chi connectivity index (χ1n) is 14.0. The van der Waals surface area contributed by atoms with E-state index in [-0.39, 0.29) is 17.7 Å². The first-order valence-corrected chi connectivity index (χ1v) is 14.0. The zero-order chi connectivity index (χ0) is 27.9. The number of nitrogens with one attached hydrogen (secondary N) is 2. The maximum atomic E-state index is 12.6. The molecule has 0 aliphatic carbocycles. The first kappa shape index (κ1) is 26.3. The fraction of sp³-hybridized carbons (Fsp3) is 0.419. The number of ether oxygens (including phenoxy) is 3. The first-order chi connectivity index (χ1) is 19.2. The SMILES string of the molecule is CC(C)(C)OC(=O)N1CCC(Nc2ccc3c(c2)Cc2cccc(-c4cc(N5CCOCC5)cc(=O)[nH]4)c2O3)C1. The summed E-state index contributed by atoms with van der Waals surface area (Å²) in [6.07, 6.45) is 1.32. The van der Waals surface area contributed by atoms with Crippen LogP contribution in [0.5, 0.6) is 11.5 Å². The van der Waals surface area contributed by atoms with Crippen LogP contribution in [0, 0.1) is 0 Å². The van der Waals surface area contributed by atoms with Crippen molar-refractivity contribution in [3.05, 3.63) is 70.0 Å². The van der Waals surface area contributed by atoms with Crippen molar-refractivity contribution in [3.8, 4) is 22.8 Å². The molecule has 9 nitrogen and oxygen atoms in total. The molecule has 2 saturated heterocycles. The van der Waals surface area contributed by atoms with Crippen molar-refractivity contribution < 1.29 is 19.0 Å². The highest BCUT2D eigenvalue weighted by atomic mass is 16.6. The molecule has 2 fully saturated rings. The molecule has 6 rings (SSSR count). The molecule has 0 saturated carbocycles. The minimum atomic E-state index is -0.502. The molecule has 1 atom stereocenters. The van der Waals surface area contributed by atoms with Crippen LogP contribution in [0.2, 0.25) is 0 Å². The Morgan fingerprint density at radius 2 is 1.88 bits per heavy atom. The van der Waals surface area contributed by atoms with E-state index in [9.17, 15) is 9.59 Å². The predicted octanol–water partition coefficient (Wildman–Crippen LogP) is 5.00. The van der Waals surface area contributed by atoms with Gasteiger partial charge in [-0.1, -0.05) is 12.1 Å². The number of likely N-dealkylation sites (tertiary alicyclic amines) is 1. The molecule has 3 aromatic rings. The lowest BCUT2D eigenvalue weighted by atomic mass is 9.96. The number of hydrogen-bond donors (Lipinski definition) is 2. The Morgan fingerprint density at radius 3 is 2.67 bits per heavy atom. The summed E-state index contributed by atoms with van der Waals surface area (Å²) in [6.45, 7) is 9.76. The number of anilines is 2. The van der Waals surface area contributed by atoms with E-state index in [1.807, 2.05) is 51.1 Å². The number of rotatable bonds is 4. The van der Waals surface area contributed by atoms with Gasteiger partial charge in [-0.05, 0) is 63.1 Å². The average Bonchev–Trinajstić information content (AvgIpc) is 3.39. The lowest BCUT2D eigenvalue weighted by Crippen LogP contribution is -2.36. The molecule has 2 N–H and O–H groups in total. The van der Waals surface area contributed by atoms with Crippen molar-refractivity contribution in [3.63, 3.8) is 0 Å². The lowest BCUT2D eigenvalue weighted by molar-refractivity contribution is 0.0293. The number of aromatic amines is 1. The largest absolute Gasteiger partial charge is 0.456 e. The number of hydrogen-bond acceptors (Lipinski definition) is 7. The summed E-state index contributed by atoms with van der Waals surface area (Å²) >= 11 is 0. The topological polar surface area (TPSA) is 96.1 Å². The number of fused-ring (bicyclic) bond motifs is 2. The van der Waals surface area contributed by atoms with E-state index in [1.54, 1.807) is 11.0 Å². The minimum Gasteiger partial charge on any atom is -0.456 e. The summed E-state index contributed by atoms with van der Waals surface area (Å²) in [5.74, 6) is 1.58. The summed E-state index contributed by atoms with van der Waals surface area (Å²) in [5.41, 5.74) is 5.01. The number of pyridine rings is 1. The third-order valence-corrected chi connectivity index (χ3v) is 7.46. The van der Waals surface area contributed by atoms with Gasteiger partial charge < -0.3 is 34.3 Å². The van der Waals surface area contributed by atoms with Crippen LogP contribution < -0.4 is 20.5 Å². The number of nitrogens with zero attached hydrogens (tertiary/aromatic N) is 2. The Hall–Kier alpha value is -3.98. The van der Waals surface area contributed by atoms with Gasteiger partial charge in [0.25, 0.3) is 0 Å². The van der Waals surface area contributed by atoms with E-state index in [1.165, 1.54) is 0 Å². The second-order valence-electron chi connectivity index (χ2n) is 11.7. The third kappa shape index (κ3) is 5.65. The van der Waals surface area contributed by atoms with E-state index in [4.69, 9.17) is 14.2 Å². The molecule has 1 unspecified atom stereocenters. The van der Waals surface area contributed by atoms with Gasteiger partial charge >= 0.3 is 6.09 Å². The lowest BCUT2D eigenvalue weighted by Gasteiger charge is -2.29. The number of morpholine rings is 1. The fourth-order valence-electron chi connectivity index (χ4n) is 5.56. The van der Waals surface area contributed by atoms with Gasteiger partial charge in [-0.25, -0.2) is 4.79 Å². The van der Waals surface area contributed by atoms with Crippen molar-refractivity contribution in [1.29, 1.82) is 0 Å². The molecule has 0 spiro atoms. The van der Waals surface area contributed by atoms with E-state index in [0.717, 1.165) is 71.2 Å². The molecule has 3 aliphatic rings. The van der Waals surface area contributed by atoms with Gasteiger partial charge in [-0.15, -0.1) is 0 Å². The number of para-hydroxylation sites is 1. The second-order valence-corrected chi connectivity index (χ2v) is 11.7. The molecule has 0 bridgehead atoms. The van der Waals surface area contributed by atoms with Gasteiger partial charge in [0.15, 0.2) is 0 Å². The van der Waals surface area contributed by atoms with Crippen LogP contribution in [0.25, 0.3) is 11.3 Å². The molecule has 3 aliphatic heterocycles. The highest BCUT2D eigenvalue weighted by Gasteiger charge is 2.30. The van der Waals surface area contributed by atoms with E-state index >= 15 is 0 Å². The maximum absolute atomic E-state index is 12.6. The third-order valence-electron chi connectivity index (χ3n) is 7.46. The predicted molar refractivity (Wildman–Crippen MR) is 155 cm³/mol. The van der Waals surface area contributed by atoms with E-state index < -0.39 is 5.60 Å². The van der Waals surface area contributed by atoms with Crippen molar-refractivity contribution in [1.82, 2.24) is 9.88 Å². The van der Waals surface area contributed by atoms with Gasteiger partial charge in [-0.3, -0.25) is 4.79 Å². The number of aromatic nitrogens is 1. The highest BCUT2D eigenvalue weighted by Crippen LogP contribution is 2.43. The van der Waals surface area contributed by atoms with Gasteiger partial charge in [0, 0.05) is 67.2 Å². The van der Waals surface area contributed by atoms with Crippen LogP contribution in [-0.4, -0.2) is 67.0 Å². The van der Waals surface area contributed by atoms with Crippen molar-refractivity contribution >= 4 is 17.5 Å². The normalized spacial score (nSPS) is 18.5. The maximum Gasteiger partial charge on any atom is 0.410 e. The fourth-order valence-corrected chi connectivity index (χ4v) is 5.56. The van der Waals surface area contributed by atoms with Crippen LogP contribution in [0.3, 0.4) is 0 Å². The Labute approximate surface area is 234 Å². The Kier molecular flexibility index (Phi) is 6.92. The van der Waals surface area contributed by atoms with Crippen LogP contribution in [0.1, 0.15) is 38.3 Å². The monoisotopic (exact) mass is 544 g/mol. The summed E-state index contributed by atoms with van der Waals surface area (Å²) in [7, 11) is 0. The number of amides is 1. The molecule has 1 aromatic heterocycles. The quantitative estimate of drug-likeness (QED) is 0.373. The molecule has 0 radical (unpaired) electrons.